The largest absolute Gasteiger partial charge is 0.493 e. The smallest absolute Gasteiger partial charge is 0.336 e. The van der Waals surface area contributed by atoms with Gasteiger partial charge in [0.1, 0.15) is 0 Å². The molecule has 0 unspecified atom stereocenters. The number of rotatable bonds is 7. The van der Waals surface area contributed by atoms with Crippen LogP contribution in [0.4, 0.5) is 0 Å². The molecule has 0 spiro atoms. The predicted octanol–water partition coefficient (Wildman–Crippen LogP) is 4.74. The first-order valence-corrected chi connectivity index (χ1v) is 10.7. The van der Waals surface area contributed by atoms with Gasteiger partial charge >= 0.3 is 6.01 Å². The van der Waals surface area contributed by atoms with Crippen molar-refractivity contribution in [3.05, 3.63) is 47.5 Å². The van der Waals surface area contributed by atoms with Crippen LogP contribution in [-0.2, 0) is 5.41 Å². The lowest BCUT2D eigenvalue weighted by atomic mass is 9.87. The number of hydrogen-bond donors (Lipinski definition) is 0. The molecule has 0 atom stereocenters. The Morgan fingerprint density at radius 1 is 0.939 bits per heavy atom. The van der Waals surface area contributed by atoms with Gasteiger partial charge in [0.15, 0.2) is 17.3 Å². The Hall–Kier alpha value is -3.55. The summed E-state index contributed by atoms with van der Waals surface area (Å²) < 4.78 is 23.3. The van der Waals surface area contributed by atoms with Gasteiger partial charge in [0.05, 0.1) is 27.4 Å². The van der Waals surface area contributed by atoms with Crippen molar-refractivity contribution in [2.75, 3.05) is 21.3 Å². The van der Waals surface area contributed by atoms with E-state index in [1.165, 1.54) is 26.0 Å². The molecule has 33 heavy (non-hydrogen) atoms. The van der Waals surface area contributed by atoms with Gasteiger partial charge in [-0.05, 0) is 49.1 Å². The van der Waals surface area contributed by atoms with E-state index in [0.717, 1.165) is 5.56 Å². The standard InChI is InChI=1S/C25H31N3O5/c1-15(2)33-24-26-22(17-13-19(30-6)21(32-8)20(14-17)31-7)28(27-24)23(29)16-9-11-18(12-10-16)25(3,4)5/h9-15H,1-8H3. The van der Waals surface area contributed by atoms with Crippen LogP contribution < -0.4 is 18.9 Å². The Kier molecular flexibility index (Phi) is 6.95. The second kappa shape index (κ2) is 9.52. The zero-order chi connectivity index (χ0) is 24.3. The molecule has 0 aliphatic rings. The Morgan fingerprint density at radius 3 is 1.97 bits per heavy atom. The van der Waals surface area contributed by atoms with E-state index >= 15 is 0 Å². The minimum absolute atomic E-state index is 0.0194. The van der Waals surface area contributed by atoms with Gasteiger partial charge in [-0.1, -0.05) is 32.9 Å². The molecule has 0 N–H and O–H groups in total. The molecule has 1 aromatic heterocycles. The minimum atomic E-state index is -0.328. The lowest BCUT2D eigenvalue weighted by Gasteiger charge is -2.19. The lowest BCUT2D eigenvalue weighted by molar-refractivity contribution is 0.0943. The molecule has 3 aromatic rings. The fourth-order valence-corrected chi connectivity index (χ4v) is 3.33. The fourth-order valence-electron chi connectivity index (χ4n) is 3.33. The number of methoxy groups -OCH3 is 3. The molecule has 176 valence electrons. The number of ether oxygens (including phenoxy) is 4. The van der Waals surface area contributed by atoms with Crippen molar-refractivity contribution in [2.24, 2.45) is 0 Å². The normalized spacial score (nSPS) is 11.4. The van der Waals surface area contributed by atoms with E-state index in [1.807, 2.05) is 26.0 Å². The summed E-state index contributed by atoms with van der Waals surface area (Å²) in [5, 5.41) is 4.35. The molecule has 0 aliphatic carbocycles. The Morgan fingerprint density at radius 2 is 1.52 bits per heavy atom. The van der Waals surface area contributed by atoms with E-state index in [2.05, 4.69) is 30.9 Å². The molecule has 0 amide bonds. The van der Waals surface area contributed by atoms with Crippen LogP contribution in [0.1, 0.15) is 50.5 Å². The molecule has 0 fully saturated rings. The Labute approximate surface area is 194 Å². The average molecular weight is 454 g/mol. The van der Waals surface area contributed by atoms with Gasteiger partial charge in [0, 0.05) is 11.1 Å². The third-order valence-electron chi connectivity index (χ3n) is 5.04. The van der Waals surface area contributed by atoms with Crippen LogP contribution >= 0.6 is 0 Å². The molecule has 0 aliphatic heterocycles. The van der Waals surface area contributed by atoms with Crippen molar-refractivity contribution in [1.29, 1.82) is 0 Å². The van der Waals surface area contributed by atoms with Crippen LogP contribution in [0.2, 0.25) is 0 Å². The number of aromatic nitrogens is 3. The van der Waals surface area contributed by atoms with Crippen molar-refractivity contribution >= 4 is 5.91 Å². The van der Waals surface area contributed by atoms with Crippen LogP contribution in [-0.4, -0.2) is 48.1 Å². The van der Waals surface area contributed by atoms with Crippen LogP contribution in [0, 0.1) is 0 Å². The predicted molar refractivity (Wildman–Crippen MR) is 126 cm³/mol. The highest BCUT2D eigenvalue weighted by Crippen LogP contribution is 2.41. The minimum Gasteiger partial charge on any atom is -0.493 e. The molecule has 0 radical (unpaired) electrons. The van der Waals surface area contributed by atoms with Crippen molar-refractivity contribution in [3.63, 3.8) is 0 Å². The topological polar surface area (TPSA) is 84.7 Å². The molecular weight excluding hydrogens is 422 g/mol. The summed E-state index contributed by atoms with van der Waals surface area (Å²) in [6, 6.07) is 11.0. The maximum absolute atomic E-state index is 13.5. The summed E-state index contributed by atoms with van der Waals surface area (Å²) in [6.07, 6.45) is -0.158. The van der Waals surface area contributed by atoms with Crippen molar-refractivity contribution < 1.29 is 23.7 Å². The number of nitrogens with zero attached hydrogens (tertiary/aromatic N) is 3. The highest BCUT2D eigenvalue weighted by Gasteiger charge is 2.24. The third-order valence-corrected chi connectivity index (χ3v) is 5.04. The first-order chi connectivity index (χ1) is 15.6. The Balaban J connectivity index is 2.13. The summed E-state index contributed by atoms with van der Waals surface area (Å²) in [7, 11) is 4.59. The summed E-state index contributed by atoms with van der Waals surface area (Å²) in [6.45, 7) is 10.1. The van der Waals surface area contributed by atoms with Crippen LogP contribution in [0.3, 0.4) is 0 Å². The van der Waals surface area contributed by atoms with Gasteiger partial charge in [0.25, 0.3) is 5.91 Å². The van der Waals surface area contributed by atoms with E-state index < -0.39 is 0 Å². The zero-order valence-electron chi connectivity index (χ0n) is 20.4. The van der Waals surface area contributed by atoms with Gasteiger partial charge in [-0.3, -0.25) is 4.79 Å². The summed E-state index contributed by atoms with van der Waals surface area (Å²) >= 11 is 0. The van der Waals surface area contributed by atoms with Gasteiger partial charge in [-0.25, -0.2) is 0 Å². The molecule has 1 heterocycles. The maximum atomic E-state index is 13.5. The first kappa shape index (κ1) is 24.1. The van der Waals surface area contributed by atoms with Crippen LogP contribution in [0.15, 0.2) is 36.4 Å². The summed E-state index contributed by atoms with van der Waals surface area (Å²) in [4.78, 5) is 17.9. The SMILES string of the molecule is COc1cc(-c2nc(OC(C)C)nn2C(=O)c2ccc(C(C)(C)C)cc2)cc(OC)c1OC. The number of carbonyl (C=O) groups is 1. The number of hydrogen-bond acceptors (Lipinski definition) is 7. The second-order valence-electron chi connectivity index (χ2n) is 8.84. The van der Waals surface area contributed by atoms with Gasteiger partial charge in [-0.15, -0.1) is 5.10 Å². The molecular formula is C25H31N3O5. The number of carbonyl (C=O) groups excluding carboxylic acids is 1. The van der Waals surface area contributed by atoms with E-state index in [4.69, 9.17) is 18.9 Å². The molecule has 0 saturated heterocycles. The molecule has 3 rings (SSSR count). The van der Waals surface area contributed by atoms with Crippen LogP contribution in [0.25, 0.3) is 11.4 Å². The van der Waals surface area contributed by atoms with E-state index in [0.29, 0.717) is 34.2 Å². The molecule has 8 nitrogen and oxygen atoms in total. The van der Waals surface area contributed by atoms with Gasteiger partial charge in [0.2, 0.25) is 5.75 Å². The van der Waals surface area contributed by atoms with E-state index in [-0.39, 0.29) is 23.4 Å². The lowest BCUT2D eigenvalue weighted by Crippen LogP contribution is -2.17. The van der Waals surface area contributed by atoms with Crippen LogP contribution in [0.5, 0.6) is 23.3 Å². The molecule has 8 heteroatoms. The monoisotopic (exact) mass is 453 g/mol. The van der Waals surface area contributed by atoms with E-state index in [1.54, 1.807) is 24.3 Å². The molecule has 2 aromatic carbocycles. The maximum Gasteiger partial charge on any atom is 0.336 e. The van der Waals surface area contributed by atoms with Crippen molar-refractivity contribution in [1.82, 2.24) is 14.8 Å². The summed E-state index contributed by atoms with van der Waals surface area (Å²) in [5.74, 6) is 1.29. The highest BCUT2D eigenvalue weighted by molar-refractivity contribution is 5.97. The average Bonchev–Trinajstić information content (AvgIpc) is 3.19. The third kappa shape index (κ3) is 5.10. The quantitative estimate of drug-likeness (QED) is 0.511. The first-order valence-electron chi connectivity index (χ1n) is 10.7. The van der Waals surface area contributed by atoms with E-state index in [9.17, 15) is 4.79 Å². The molecule has 0 bridgehead atoms. The zero-order valence-corrected chi connectivity index (χ0v) is 20.4. The number of benzene rings is 2. The Bertz CT molecular complexity index is 1100. The van der Waals surface area contributed by atoms with Gasteiger partial charge < -0.3 is 18.9 Å². The summed E-state index contributed by atoms with van der Waals surface area (Å²) in [5.41, 5.74) is 2.16. The van der Waals surface area contributed by atoms with Gasteiger partial charge in [-0.2, -0.15) is 9.67 Å². The highest BCUT2D eigenvalue weighted by atomic mass is 16.5. The second-order valence-corrected chi connectivity index (χ2v) is 8.84. The van der Waals surface area contributed by atoms with Crippen molar-refractivity contribution in [2.45, 2.75) is 46.1 Å². The molecule has 0 saturated carbocycles. The fraction of sp³-hybridized carbons (Fsp3) is 0.400. The van der Waals surface area contributed by atoms with Crippen molar-refractivity contribution in [3.8, 4) is 34.6 Å².